The molecule has 3 rings (SSSR count). The molecule has 0 spiro atoms. The maximum absolute atomic E-state index is 12.7. The number of hydrogen-bond acceptors (Lipinski definition) is 2. The summed E-state index contributed by atoms with van der Waals surface area (Å²) in [4.78, 5) is 14.8. The summed E-state index contributed by atoms with van der Waals surface area (Å²) in [5, 5.41) is 3.62. The van der Waals surface area contributed by atoms with Crippen LogP contribution in [-0.2, 0) is 4.79 Å². The van der Waals surface area contributed by atoms with Crippen LogP contribution in [0.2, 0.25) is 0 Å². The van der Waals surface area contributed by atoms with Gasteiger partial charge in [-0.3, -0.25) is 4.79 Å². The van der Waals surface area contributed by atoms with Crippen molar-refractivity contribution in [3.8, 4) is 0 Å². The van der Waals surface area contributed by atoms with Crippen LogP contribution >= 0.6 is 0 Å². The Hall–Kier alpha value is -0.830. The molecule has 2 heterocycles. The number of carbonyl (C=O) groups excluding carboxylic acids is 1. The molecule has 0 aromatic carbocycles. The smallest absolute Gasteiger partial charge is 0.240 e. The molecule has 0 radical (unpaired) electrons. The number of carbonyl (C=O) groups is 1. The van der Waals surface area contributed by atoms with Crippen molar-refractivity contribution in [1.29, 1.82) is 0 Å². The van der Waals surface area contributed by atoms with E-state index in [1.54, 1.807) is 0 Å². The fourth-order valence-electron chi connectivity index (χ4n) is 4.28. The topological polar surface area (TPSA) is 32.3 Å². The maximum Gasteiger partial charge on any atom is 0.240 e. The lowest BCUT2D eigenvalue weighted by Gasteiger charge is -2.33. The Kier molecular flexibility index (Phi) is 4.13. The molecule has 3 nitrogen and oxygen atoms in total. The summed E-state index contributed by atoms with van der Waals surface area (Å²) in [5.74, 6) is 1.09. The van der Waals surface area contributed by atoms with E-state index in [4.69, 9.17) is 0 Å². The van der Waals surface area contributed by atoms with Crippen molar-refractivity contribution in [1.82, 2.24) is 10.2 Å². The Labute approximate surface area is 129 Å². The summed E-state index contributed by atoms with van der Waals surface area (Å²) < 4.78 is 0. The van der Waals surface area contributed by atoms with Gasteiger partial charge in [0.05, 0.1) is 6.04 Å². The van der Waals surface area contributed by atoms with E-state index in [0.717, 1.165) is 31.8 Å². The van der Waals surface area contributed by atoms with Gasteiger partial charge in [0.2, 0.25) is 5.91 Å². The van der Waals surface area contributed by atoms with Gasteiger partial charge in [-0.2, -0.15) is 0 Å². The zero-order valence-corrected chi connectivity index (χ0v) is 13.8. The first-order chi connectivity index (χ1) is 9.95. The quantitative estimate of drug-likeness (QED) is 0.753. The average molecular weight is 290 g/mol. The number of fused-ring (bicyclic) bond motifs is 1. The maximum atomic E-state index is 12.7. The van der Waals surface area contributed by atoms with Gasteiger partial charge in [-0.25, -0.2) is 0 Å². The summed E-state index contributed by atoms with van der Waals surface area (Å²) in [6, 6.07) is 0.695. The average Bonchev–Trinajstić information content (AvgIpc) is 2.89. The third-order valence-electron chi connectivity index (χ3n) is 5.65. The van der Waals surface area contributed by atoms with Gasteiger partial charge in [0.15, 0.2) is 0 Å². The van der Waals surface area contributed by atoms with Crippen LogP contribution in [0.25, 0.3) is 0 Å². The van der Waals surface area contributed by atoms with Gasteiger partial charge in [0, 0.05) is 19.1 Å². The first-order valence-electron chi connectivity index (χ1n) is 8.69. The number of hydrogen-bond donors (Lipinski definition) is 1. The summed E-state index contributed by atoms with van der Waals surface area (Å²) in [6.07, 6.45) is 9.65. The van der Waals surface area contributed by atoms with Crippen molar-refractivity contribution in [2.24, 2.45) is 11.3 Å². The van der Waals surface area contributed by atoms with E-state index in [1.165, 1.54) is 31.3 Å². The molecule has 1 amide bonds. The normalized spacial score (nSPS) is 33.6. The molecule has 118 valence electrons. The molecule has 1 saturated carbocycles. The van der Waals surface area contributed by atoms with Crippen molar-refractivity contribution in [3.05, 3.63) is 11.6 Å². The summed E-state index contributed by atoms with van der Waals surface area (Å²) in [7, 11) is 0. The lowest BCUT2D eigenvalue weighted by molar-refractivity contribution is -0.132. The molecule has 1 N–H and O–H groups in total. The first-order valence-corrected chi connectivity index (χ1v) is 8.69. The van der Waals surface area contributed by atoms with E-state index in [2.05, 4.69) is 37.1 Å². The minimum Gasteiger partial charge on any atom is -0.337 e. The van der Waals surface area contributed by atoms with Gasteiger partial charge in [-0.1, -0.05) is 45.3 Å². The fraction of sp³-hybridized carbons (Fsp3) is 0.833. The molecule has 3 unspecified atom stereocenters. The number of rotatable bonds is 1. The highest BCUT2D eigenvalue weighted by Crippen LogP contribution is 2.34. The molecule has 3 aliphatic rings. The Bertz CT molecular complexity index is 421. The van der Waals surface area contributed by atoms with Crippen LogP contribution in [0.1, 0.15) is 59.3 Å². The number of nitrogens with one attached hydrogen (secondary N) is 1. The number of amides is 1. The van der Waals surface area contributed by atoms with Crippen LogP contribution in [0.5, 0.6) is 0 Å². The Balaban J connectivity index is 1.59. The Morgan fingerprint density at radius 3 is 2.67 bits per heavy atom. The highest BCUT2D eigenvalue weighted by atomic mass is 16.2. The third-order valence-corrected chi connectivity index (χ3v) is 5.65. The zero-order chi connectivity index (χ0) is 15.0. The van der Waals surface area contributed by atoms with Crippen LogP contribution in [-0.4, -0.2) is 36.0 Å². The molecular formula is C18H30N2O. The number of nitrogens with zero attached hydrogens (tertiary/aromatic N) is 1. The monoisotopic (exact) mass is 290 g/mol. The van der Waals surface area contributed by atoms with Crippen molar-refractivity contribution < 1.29 is 4.79 Å². The van der Waals surface area contributed by atoms with E-state index >= 15 is 0 Å². The fourth-order valence-corrected chi connectivity index (χ4v) is 4.28. The second-order valence-electron chi connectivity index (χ2n) is 8.12. The molecule has 1 saturated heterocycles. The van der Waals surface area contributed by atoms with Gasteiger partial charge in [-0.15, -0.1) is 0 Å². The van der Waals surface area contributed by atoms with Crippen molar-refractivity contribution >= 4 is 5.91 Å². The highest BCUT2D eigenvalue weighted by Gasteiger charge is 2.39. The van der Waals surface area contributed by atoms with E-state index in [0.29, 0.717) is 11.9 Å². The standard InChI is InChI=1S/C18H30N2O/c1-18(2,3)14-8-10-20(11-9-14)17(21)16-12-13-6-4-5-7-15(13)19-16/h8,13,15-16,19H,4-7,9-12H2,1-3H3. The van der Waals surface area contributed by atoms with E-state index in [1.807, 2.05) is 0 Å². The summed E-state index contributed by atoms with van der Waals surface area (Å²) in [5.41, 5.74) is 1.75. The van der Waals surface area contributed by atoms with Crippen LogP contribution in [0.4, 0.5) is 0 Å². The van der Waals surface area contributed by atoms with E-state index in [9.17, 15) is 4.79 Å². The second-order valence-corrected chi connectivity index (χ2v) is 8.12. The third kappa shape index (κ3) is 3.18. The first kappa shape index (κ1) is 15.1. The van der Waals surface area contributed by atoms with E-state index in [-0.39, 0.29) is 11.5 Å². The summed E-state index contributed by atoms with van der Waals surface area (Å²) >= 11 is 0. The molecule has 2 aliphatic heterocycles. The Morgan fingerprint density at radius 2 is 2.05 bits per heavy atom. The minimum absolute atomic E-state index is 0.0858. The molecule has 21 heavy (non-hydrogen) atoms. The largest absolute Gasteiger partial charge is 0.337 e. The molecule has 2 fully saturated rings. The van der Waals surface area contributed by atoms with Gasteiger partial charge < -0.3 is 10.2 Å². The predicted octanol–water partition coefficient (Wildman–Crippen LogP) is 3.11. The van der Waals surface area contributed by atoms with Crippen LogP contribution in [0.3, 0.4) is 0 Å². The molecule has 3 heteroatoms. The van der Waals surface area contributed by atoms with Gasteiger partial charge in [-0.05, 0) is 37.0 Å². The van der Waals surface area contributed by atoms with Crippen molar-refractivity contribution in [2.45, 2.75) is 71.4 Å². The lowest BCUT2D eigenvalue weighted by atomic mass is 9.83. The Morgan fingerprint density at radius 1 is 1.29 bits per heavy atom. The summed E-state index contributed by atoms with van der Waals surface area (Å²) in [6.45, 7) is 8.49. The van der Waals surface area contributed by atoms with Gasteiger partial charge >= 0.3 is 0 Å². The minimum atomic E-state index is 0.0858. The molecule has 1 aliphatic carbocycles. The molecule has 3 atom stereocenters. The molecule has 0 bridgehead atoms. The predicted molar refractivity (Wildman–Crippen MR) is 86.0 cm³/mol. The van der Waals surface area contributed by atoms with Crippen molar-refractivity contribution in [3.63, 3.8) is 0 Å². The van der Waals surface area contributed by atoms with Gasteiger partial charge in [0.25, 0.3) is 0 Å². The second kappa shape index (κ2) is 5.75. The SMILES string of the molecule is CC(C)(C)C1=CCN(C(=O)C2CC3CCCCC3N2)CC1. The lowest BCUT2D eigenvalue weighted by Crippen LogP contribution is -2.47. The van der Waals surface area contributed by atoms with Crippen LogP contribution in [0.15, 0.2) is 11.6 Å². The highest BCUT2D eigenvalue weighted by molar-refractivity contribution is 5.82. The zero-order valence-electron chi connectivity index (χ0n) is 13.8. The van der Waals surface area contributed by atoms with Gasteiger partial charge in [0.1, 0.15) is 0 Å². The molecule has 0 aromatic rings. The molecular weight excluding hydrogens is 260 g/mol. The van der Waals surface area contributed by atoms with Crippen molar-refractivity contribution in [2.75, 3.05) is 13.1 Å². The van der Waals surface area contributed by atoms with Crippen LogP contribution in [0, 0.1) is 11.3 Å². The van der Waals surface area contributed by atoms with Crippen LogP contribution < -0.4 is 5.32 Å². The van der Waals surface area contributed by atoms with E-state index < -0.39 is 0 Å². The molecule has 0 aromatic heterocycles.